The van der Waals surface area contributed by atoms with Gasteiger partial charge >= 0.3 is 0 Å². The van der Waals surface area contributed by atoms with Gasteiger partial charge in [-0.15, -0.1) is 21.5 Å². The number of thioether (sulfide) groups is 1. The first-order valence-corrected chi connectivity index (χ1v) is 10.0. The molecule has 0 spiro atoms. The molecule has 0 amide bonds. The molecule has 4 aromatic rings. The fourth-order valence-electron chi connectivity index (χ4n) is 2.64. The molecule has 2 aromatic heterocycles. The van der Waals surface area contributed by atoms with Crippen LogP contribution in [-0.4, -0.2) is 27.5 Å². The highest BCUT2D eigenvalue weighted by Gasteiger charge is 2.15. The summed E-state index contributed by atoms with van der Waals surface area (Å²) in [5.41, 5.74) is 0.923. The second kappa shape index (κ2) is 7.47. The molecule has 0 saturated carbocycles. The predicted molar refractivity (Wildman–Crippen MR) is 105 cm³/mol. The quantitative estimate of drug-likeness (QED) is 0.340. The van der Waals surface area contributed by atoms with Crippen molar-refractivity contribution in [1.82, 2.24) is 15.2 Å². The van der Waals surface area contributed by atoms with Crippen LogP contribution >= 0.6 is 23.1 Å². The first kappa shape index (κ1) is 17.1. The SMILES string of the molecule is Cc1nc(C)c(-c2nnc(SCCOc3ccc4ccccc4c3)o2)s1. The van der Waals surface area contributed by atoms with Gasteiger partial charge in [-0.25, -0.2) is 4.98 Å². The molecule has 26 heavy (non-hydrogen) atoms. The number of hydrogen-bond donors (Lipinski definition) is 0. The van der Waals surface area contributed by atoms with E-state index >= 15 is 0 Å². The Bertz CT molecular complexity index is 1040. The van der Waals surface area contributed by atoms with E-state index in [-0.39, 0.29) is 0 Å². The van der Waals surface area contributed by atoms with Crippen molar-refractivity contribution < 1.29 is 9.15 Å². The molecule has 0 unspecified atom stereocenters. The van der Waals surface area contributed by atoms with Gasteiger partial charge in [0.15, 0.2) is 0 Å². The Labute approximate surface area is 159 Å². The average molecular weight is 383 g/mol. The molecule has 0 atom stereocenters. The fraction of sp³-hybridized carbons (Fsp3) is 0.211. The van der Waals surface area contributed by atoms with Crippen LogP contribution in [0.1, 0.15) is 10.7 Å². The molecule has 0 aliphatic rings. The monoisotopic (exact) mass is 383 g/mol. The third-order valence-electron chi connectivity index (χ3n) is 3.80. The summed E-state index contributed by atoms with van der Waals surface area (Å²) >= 11 is 3.06. The minimum absolute atomic E-state index is 0.533. The summed E-state index contributed by atoms with van der Waals surface area (Å²) in [6.07, 6.45) is 0. The van der Waals surface area contributed by atoms with E-state index in [0.717, 1.165) is 27.1 Å². The molecule has 4 rings (SSSR count). The molecule has 5 nitrogen and oxygen atoms in total. The van der Waals surface area contributed by atoms with Crippen LogP contribution in [0.4, 0.5) is 0 Å². The zero-order valence-electron chi connectivity index (χ0n) is 14.4. The van der Waals surface area contributed by atoms with Gasteiger partial charge in [0, 0.05) is 5.75 Å². The lowest BCUT2D eigenvalue weighted by atomic mass is 10.1. The van der Waals surface area contributed by atoms with Gasteiger partial charge < -0.3 is 9.15 Å². The summed E-state index contributed by atoms with van der Waals surface area (Å²) in [5, 5.41) is 12.1. The van der Waals surface area contributed by atoms with E-state index in [0.29, 0.717) is 17.7 Å². The van der Waals surface area contributed by atoms with Crippen molar-refractivity contribution in [3.63, 3.8) is 0 Å². The van der Waals surface area contributed by atoms with E-state index in [4.69, 9.17) is 9.15 Å². The Morgan fingerprint density at radius 2 is 1.92 bits per heavy atom. The minimum Gasteiger partial charge on any atom is -0.493 e. The number of benzene rings is 2. The van der Waals surface area contributed by atoms with Crippen molar-refractivity contribution in [3.05, 3.63) is 53.2 Å². The van der Waals surface area contributed by atoms with Crippen LogP contribution in [-0.2, 0) is 0 Å². The molecule has 0 bridgehead atoms. The first-order chi connectivity index (χ1) is 12.7. The Hall–Kier alpha value is -2.38. The molecule has 0 saturated heterocycles. The van der Waals surface area contributed by atoms with Gasteiger partial charge in [0.1, 0.15) is 10.6 Å². The lowest BCUT2D eigenvalue weighted by Crippen LogP contribution is -1.99. The Morgan fingerprint density at radius 3 is 2.73 bits per heavy atom. The van der Waals surface area contributed by atoms with Gasteiger partial charge in [-0.1, -0.05) is 42.1 Å². The van der Waals surface area contributed by atoms with Gasteiger partial charge in [0.05, 0.1) is 17.3 Å². The van der Waals surface area contributed by atoms with Crippen LogP contribution in [0.15, 0.2) is 52.1 Å². The normalized spacial score (nSPS) is 11.2. The van der Waals surface area contributed by atoms with Crippen LogP contribution in [0.3, 0.4) is 0 Å². The molecule has 132 valence electrons. The number of rotatable bonds is 6. The third kappa shape index (κ3) is 3.73. The van der Waals surface area contributed by atoms with Crippen LogP contribution in [0.25, 0.3) is 21.5 Å². The van der Waals surface area contributed by atoms with Crippen LogP contribution in [0.2, 0.25) is 0 Å². The number of nitrogens with zero attached hydrogens (tertiary/aromatic N) is 3. The van der Waals surface area contributed by atoms with E-state index < -0.39 is 0 Å². The highest BCUT2D eigenvalue weighted by molar-refractivity contribution is 7.99. The molecule has 0 radical (unpaired) electrons. The molecular formula is C19H17N3O2S2. The number of ether oxygens (including phenoxy) is 1. The summed E-state index contributed by atoms with van der Waals surface area (Å²) in [6.45, 7) is 4.49. The Balaban J connectivity index is 1.32. The summed E-state index contributed by atoms with van der Waals surface area (Å²) in [4.78, 5) is 5.33. The van der Waals surface area contributed by atoms with E-state index in [1.165, 1.54) is 22.5 Å². The van der Waals surface area contributed by atoms with Crippen molar-refractivity contribution in [1.29, 1.82) is 0 Å². The van der Waals surface area contributed by atoms with Crippen molar-refractivity contribution in [3.8, 4) is 16.5 Å². The highest BCUT2D eigenvalue weighted by atomic mass is 32.2. The summed E-state index contributed by atoms with van der Waals surface area (Å²) < 4.78 is 11.6. The van der Waals surface area contributed by atoms with E-state index in [9.17, 15) is 0 Å². The molecule has 0 N–H and O–H groups in total. The van der Waals surface area contributed by atoms with Gasteiger partial charge in [0.25, 0.3) is 11.1 Å². The van der Waals surface area contributed by atoms with Gasteiger partial charge in [-0.2, -0.15) is 0 Å². The largest absolute Gasteiger partial charge is 0.493 e. The molecule has 0 aliphatic heterocycles. The minimum atomic E-state index is 0.533. The standard InChI is InChI=1S/C19H17N3O2S2/c1-12-17(26-13(2)20-12)18-21-22-19(24-18)25-10-9-23-16-8-7-14-5-3-4-6-15(14)11-16/h3-8,11H,9-10H2,1-2H3. The number of fused-ring (bicyclic) bond motifs is 1. The molecule has 0 fully saturated rings. The number of aromatic nitrogens is 3. The first-order valence-electron chi connectivity index (χ1n) is 8.21. The molecular weight excluding hydrogens is 366 g/mol. The molecule has 0 aliphatic carbocycles. The van der Waals surface area contributed by atoms with E-state index in [1.54, 1.807) is 11.3 Å². The maximum Gasteiger partial charge on any atom is 0.277 e. The fourth-order valence-corrected chi connectivity index (χ4v) is 4.05. The lowest BCUT2D eigenvalue weighted by molar-refractivity contribution is 0.343. The Kier molecular flexibility index (Phi) is 4.90. The number of thiazole rings is 1. The van der Waals surface area contributed by atoms with Crippen LogP contribution in [0.5, 0.6) is 5.75 Å². The Morgan fingerprint density at radius 1 is 1.08 bits per heavy atom. The maximum atomic E-state index is 5.83. The second-order valence-electron chi connectivity index (χ2n) is 5.73. The summed E-state index contributed by atoms with van der Waals surface area (Å²) in [7, 11) is 0. The van der Waals surface area contributed by atoms with Crippen molar-refractivity contribution in [2.24, 2.45) is 0 Å². The van der Waals surface area contributed by atoms with Gasteiger partial charge in [0.2, 0.25) is 0 Å². The molecule has 2 heterocycles. The predicted octanol–water partition coefficient (Wildman–Crippen LogP) is 5.13. The number of hydrogen-bond acceptors (Lipinski definition) is 7. The summed E-state index contributed by atoms with van der Waals surface area (Å²) in [6, 6.07) is 14.4. The van der Waals surface area contributed by atoms with E-state index in [2.05, 4.69) is 39.4 Å². The smallest absolute Gasteiger partial charge is 0.277 e. The van der Waals surface area contributed by atoms with Crippen LogP contribution < -0.4 is 4.74 Å². The van der Waals surface area contributed by atoms with Crippen molar-refractivity contribution in [2.45, 2.75) is 19.1 Å². The van der Waals surface area contributed by atoms with Crippen molar-refractivity contribution >= 4 is 33.9 Å². The van der Waals surface area contributed by atoms with E-state index in [1.807, 2.05) is 32.0 Å². The lowest BCUT2D eigenvalue weighted by Gasteiger charge is -2.06. The highest BCUT2D eigenvalue weighted by Crippen LogP contribution is 2.30. The zero-order chi connectivity index (χ0) is 17.9. The average Bonchev–Trinajstić information content (AvgIpc) is 3.24. The van der Waals surface area contributed by atoms with Crippen molar-refractivity contribution in [2.75, 3.05) is 12.4 Å². The second-order valence-corrected chi connectivity index (χ2v) is 7.98. The van der Waals surface area contributed by atoms with Crippen LogP contribution in [0, 0.1) is 13.8 Å². The topological polar surface area (TPSA) is 61.0 Å². The maximum absolute atomic E-state index is 5.83. The zero-order valence-corrected chi connectivity index (χ0v) is 16.1. The third-order valence-corrected chi connectivity index (χ3v) is 5.65. The van der Waals surface area contributed by atoms with Gasteiger partial charge in [-0.05, 0) is 36.8 Å². The molecule has 2 aromatic carbocycles. The summed E-state index contributed by atoms with van der Waals surface area (Å²) in [5.74, 6) is 2.13. The number of aryl methyl sites for hydroxylation is 2. The molecule has 7 heteroatoms. The van der Waals surface area contributed by atoms with Gasteiger partial charge in [-0.3, -0.25) is 0 Å².